The van der Waals surface area contributed by atoms with Gasteiger partial charge in [0.15, 0.2) is 11.0 Å². The van der Waals surface area contributed by atoms with Crippen LogP contribution in [-0.2, 0) is 11.8 Å². The van der Waals surface area contributed by atoms with Crippen molar-refractivity contribution >= 4 is 34.1 Å². The monoisotopic (exact) mass is 404 g/mol. The van der Waals surface area contributed by atoms with Gasteiger partial charge in [-0.2, -0.15) is 0 Å². The van der Waals surface area contributed by atoms with E-state index in [4.69, 9.17) is 0 Å². The summed E-state index contributed by atoms with van der Waals surface area (Å²) in [6, 6.07) is 20.6. The topological polar surface area (TPSA) is 80.0 Å². The number of nitrogens with zero attached hydrogens (tertiary/aromatic N) is 3. The van der Waals surface area contributed by atoms with E-state index in [2.05, 4.69) is 15.5 Å². The molecule has 1 atom stereocenters. The Kier molecular flexibility index (Phi) is 5.22. The van der Waals surface area contributed by atoms with Crippen LogP contribution in [0.3, 0.4) is 0 Å². The van der Waals surface area contributed by atoms with Gasteiger partial charge in [0.1, 0.15) is 5.75 Å². The number of phenolic OH excluding ortho intramolecular Hbond substituents is 1. The lowest BCUT2D eigenvalue weighted by atomic mass is 10.1. The third kappa shape index (κ3) is 3.95. The van der Waals surface area contributed by atoms with Gasteiger partial charge in [0.2, 0.25) is 5.91 Å². The van der Waals surface area contributed by atoms with Crippen molar-refractivity contribution in [3.8, 4) is 17.1 Å². The van der Waals surface area contributed by atoms with Crippen LogP contribution in [-0.4, -0.2) is 31.0 Å². The average Bonchev–Trinajstić information content (AvgIpc) is 3.09. The van der Waals surface area contributed by atoms with E-state index >= 15 is 0 Å². The van der Waals surface area contributed by atoms with Gasteiger partial charge in [-0.05, 0) is 42.6 Å². The van der Waals surface area contributed by atoms with E-state index in [0.717, 1.165) is 22.0 Å². The fourth-order valence-corrected chi connectivity index (χ4v) is 3.87. The molecule has 1 aromatic heterocycles. The number of hydrogen-bond acceptors (Lipinski definition) is 5. The van der Waals surface area contributed by atoms with Gasteiger partial charge >= 0.3 is 0 Å². The van der Waals surface area contributed by atoms with Crippen molar-refractivity contribution in [3.63, 3.8) is 0 Å². The molecule has 29 heavy (non-hydrogen) atoms. The van der Waals surface area contributed by atoms with Gasteiger partial charge < -0.3 is 15.0 Å². The molecule has 0 saturated heterocycles. The van der Waals surface area contributed by atoms with Gasteiger partial charge in [-0.3, -0.25) is 4.79 Å². The van der Waals surface area contributed by atoms with Crippen LogP contribution in [0, 0.1) is 0 Å². The average molecular weight is 404 g/mol. The second-order valence-corrected chi connectivity index (χ2v) is 8.00. The molecule has 4 aromatic rings. The number of nitrogens with one attached hydrogen (secondary N) is 1. The highest BCUT2D eigenvalue weighted by atomic mass is 32.2. The van der Waals surface area contributed by atoms with Gasteiger partial charge in [0, 0.05) is 23.7 Å². The van der Waals surface area contributed by atoms with Crippen LogP contribution in [0.2, 0.25) is 0 Å². The zero-order valence-corrected chi connectivity index (χ0v) is 16.9. The molecule has 7 heteroatoms. The van der Waals surface area contributed by atoms with Crippen LogP contribution in [0.25, 0.3) is 22.2 Å². The van der Waals surface area contributed by atoms with Crippen molar-refractivity contribution in [2.24, 2.45) is 7.05 Å². The lowest BCUT2D eigenvalue weighted by Crippen LogP contribution is -2.23. The van der Waals surface area contributed by atoms with Crippen molar-refractivity contribution in [1.82, 2.24) is 14.8 Å². The summed E-state index contributed by atoms with van der Waals surface area (Å²) in [5.74, 6) is 0.777. The molecule has 0 aliphatic rings. The molecule has 1 amide bonds. The van der Waals surface area contributed by atoms with E-state index < -0.39 is 0 Å². The van der Waals surface area contributed by atoms with Gasteiger partial charge in [0.05, 0.1) is 5.25 Å². The Balaban J connectivity index is 1.50. The molecule has 4 rings (SSSR count). The van der Waals surface area contributed by atoms with Crippen LogP contribution >= 0.6 is 11.8 Å². The highest BCUT2D eigenvalue weighted by molar-refractivity contribution is 8.00. The molecule has 0 aliphatic heterocycles. The van der Waals surface area contributed by atoms with E-state index in [1.54, 1.807) is 24.3 Å². The first-order valence-corrected chi connectivity index (χ1v) is 10.0. The summed E-state index contributed by atoms with van der Waals surface area (Å²) in [6.07, 6.45) is 0. The maximum atomic E-state index is 12.8. The summed E-state index contributed by atoms with van der Waals surface area (Å²) in [5.41, 5.74) is 1.64. The Labute approximate surface area is 172 Å². The predicted octanol–water partition coefficient (Wildman–Crippen LogP) is 4.46. The first-order chi connectivity index (χ1) is 14.0. The number of thioether (sulfide) groups is 1. The molecule has 2 N–H and O–H groups in total. The van der Waals surface area contributed by atoms with Gasteiger partial charge in [-0.15, -0.1) is 10.2 Å². The fourth-order valence-electron chi connectivity index (χ4n) is 3.06. The third-order valence-electron chi connectivity index (χ3n) is 4.66. The van der Waals surface area contributed by atoms with Gasteiger partial charge in [-0.1, -0.05) is 48.2 Å². The summed E-state index contributed by atoms with van der Waals surface area (Å²) < 4.78 is 1.85. The third-order valence-corrected chi connectivity index (χ3v) is 5.79. The Morgan fingerprint density at radius 1 is 1.03 bits per heavy atom. The SMILES string of the molecule is C[C@@H](Sc1nnc(-c2ccc(O)cc2)n1C)C(=O)Nc1cccc2ccccc12. The highest BCUT2D eigenvalue weighted by Gasteiger charge is 2.20. The molecular formula is C22H20N4O2S. The molecule has 146 valence electrons. The minimum Gasteiger partial charge on any atom is -0.508 e. The maximum Gasteiger partial charge on any atom is 0.237 e. The van der Waals surface area contributed by atoms with Crippen LogP contribution in [0.1, 0.15) is 6.92 Å². The Hall–Kier alpha value is -3.32. The standard InChI is InChI=1S/C22H20N4O2S/c1-14(21(28)23-19-9-5-7-15-6-3-4-8-18(15)19)29-22-25-24-20(26(22)2)16-10-12-17(27)13-11-16/h3-14,27H,1-2H3,(H,23,28)/t14-/m1/s1. The Morgan fingerprint density at radius 2 is 1.76 bits per heavy atom. The lowest BCUT2D eigenvalue weighted by molar-refractivity contribution is -0.115. The largest absolute Gasteiger partial charge is 0.508 e. The van der Waals surface area contributed by atoms with Crippen molar-refractivity contribution in [2.75, 3.05) is 5.32 Å². The second kappa shape index (κ2) is 7.97. The zero-order chi connectivity index (χ0) is 20.4. The second-order valence-electron chi connectivity index (χ2n) is 6.69. The normalized spacial score (nSPS) is 12.1. The number of aromatic hydroxyl groups is 1. The molecule has 0 saturated carbocycles. The number of aromatic nitrogens is 3. The van der Waals surface area contributed by atoms with Crippen LogP contribution in [0.5, 0.6) is 5.75 Å². The summed E-state index contributed by atoms with van der Waals surface area (Å²) in [5, 5.41) is 23.3. The summed E-state index contributed by atoms with van der Waals surface area (Å²) in [7, 11) is 1.86. The van der Waals surface area contributed by atoms with E-state index in [1.807, 2.05) is 61.0 Å². The van der Waals surface area contributed by atoms with Crippen LogP contribution in [0.4, 0.5) is 5.69 Å². The Bertz CT molecular complexity index is 1170. The molecule has 0 unspecified atom stereocenters. The smallest absolute Gasteiger partial charge is 0.237 e. The summed E-state index contributed by atoms with van der Waals surface area (Å²) in [6.45, 7) is 1.85. The zero-order valence-electron chi connectivity index (χ0n) is 16.0. The minimum atomic E-state index is -0.357. The van der Waals surface area contributed by atoms with E-state index in [0.29, 0.717) is 11.0 Å². The number of rotatable bonds is 5. The number of anilines is 1. The first-order valence-electron chi connectivity index (χ1n) is 9.17. The van der Waals surface area contributed by atoms with Gasteiger partial charge in [0.25, 0.3) is 0 Å². The van der Waals surface area contributed by atoms with Gasteiger partial charge in [-0.25, -0.2) is 0 Å². The number of amides is 1. The van der Waals surface area contributed by atoms with Crippen molar-refractivity contribution in [2.45, 2.75) is 17.3 Å². The van der Waals surface area contributed by atoms with E-state index in [-0.39, 0.29) is 16.9 Å². The number of carbonyl (C=O) groups is 1. The van der Waals surface area contributed by atoms with Crippen molar-refractivity contribution < 1.29 is 9.90 Å². The van der Waals surface area contributed by atoms with E-state index in [9.17, 15) is 9.90 Å². The molecule has 1 heterocycles. The predicted molar refractivity (Wildman–Crippen MR) is 116 cm³/mol. The fraction of sp³-hybridized carbons (Fsp3) is 0.136. The highest BCUT2D eigenvalue weighted by Crippen LogP contribution is 2.28. The maximum absolute atomic E-state index is 12.8. The number of carbonyl (C=O) groups excluding carboxylic acids is 1. The molecule has 0 bridgehead atoms. The number of fused-ring (bicyclic) bond motifs is 1. The van der Waals surface area contributed by atoms with E-state index in [1.165, 1.54) is 11.8 Å². The molecule has 0 aliphatic carbocycles. The van der Waals surface area contributed by atoms with Crippen LogP contribution < -0.4 is 5.32 Å². The lowest BCUT2D eigenvalue weighted by Gasteiger charge is -2.13. The van der Waals surface area contributed by atoms with Crippen LogP contribution in [0.15, 0.2) is 71.9 Å². The first kappa shape index (κ1) is 19.0. The number of benzene rings is 3. The molecule has 0 fully saturated rings. The summed E-state index contributed by atoms with van der Waals surface area (Å²) in [4.78, 5) is 12.8. The quantitative estimate of drug-likeness (QED) is 0.480. The number of phenols is 1. The number of hydrogen-bond donors (Lipinski definition) is 2. The minimum absolute atomic E-state index is 0.0967. The molecule has 0 radical (unpaired) electrons. The Morgan fingerprint density at radius 3 is 2.55 bits per heavy atom. The molecule has 3 aromatic carbocycles. The molecule has 0 spiro atoms. The summed E-state index contributed by atoms with van der Waals surface area (Å²) >= 11 is 1.35. The molecular weight excluding hydrogens is 384 g/mol. The molecule has 6 nitrogen and oxygen atoms in total. The van der Waals surface area contributed by atoms with Crippen molar-refractivity contribution in [1.29, 1.82) is 0 Å². The van der Waals surface area contributed by atoms with Crippen molar-refractivity contribution in [3.05, 3.63) is 66.7 Å².